The Morgan fingerprint density at radius 2 is 2.19 bits per heavy atom. The standard InChI is InChI=1S/C12H25N3O/c1-4-14-11(12(13)16)7-8-15(3)9(2)10-5-6-10/h9-11,14H,4-8H2,1-3H3,(H2,13,16). The molecule has 0 saturated heterocycles. The van der Waals surface area contributed by atoms with E-state index in [1.165, 1.54) is 12.8 Å². The van der Waals surface area contributed by atoms with Gasteiger partial charge in [-0.15, -0.1) is 0 Å². The second kappa shape index (κ2) is 6.21. The first-order valence-corrected chi connectivity index (χ1v) is 6.29. The summed E-state index contributed by atoms with van der Waals surface area (Å²) < 4.78 is 0. The van der Waals surface area contributed by atoms with Gasteiger partial charge in [0.2, 0.25) is 5.91 Å². The van der Waals surface area contributed by atoms with E-state index in [0.29, 0.717) is 6.04 Å². The number of nitrogens with zero attached hydrogens (tertiary/aromatic N) is 1. The molecule has 1 aliphatic carbocycles. The molecular formula is C12H25N3O. The van der Waals surface area contributed by atoms with Crippen LogP contribution in [0.25, 0.3) is 0 Å². The van der Waals surface area contributed by atoms with Crippen LogP contribution in [0.3, 0.4) is 0 Å². The molecule has 1 rings (SSSR count). The number of nitrogens with two attached hydrogens (primary N) is 1. The first-order valence-electron chi connectivity index (χ1n) is 6.29. The van der Waals surface area contributed by atoms with Crippen LogP contribution < -0.4 is 11.1 Å². The highest BCUT2D eigenvalue weighted by molar-refractivity contribution is 5.79. The van der Waals surface area contributed by atoms with Crippen molar-refractivity contribution in [2.75, 3.05) is 20.1 Å². The smallest absolute Gasteiger partial charge is 0.234 e. The van der Waals surface area contributed by atoms with Gasteiger partial charge in [-0.25, -0.2) is 0 Å². The molecule has 0 aromatic heterocycles. The number of carbonyl (C=O) groups is 1. The summed E-state index contributed by atoms with van der Waals surface area (Å²) in [5.74, 6) is 0.630. The van der Waals surface area contributed by atoms with Crippen LogP contribution in [0.15, 0.2) is 0 Å². The van der Waals surface area contributed by atoms with Gasteiger partial charge in [-0.1, -0.05) is 6.92 Å². The number of primary amides is 1. The number of hydrogen-bond donors (Lipinski definition) is 2. The van der Waals surface area contributed by atoms with Gasteiger partial charge in [0.1, 0.15) is 0 Å². The van der Waals surface area contributed by atoms with Crippen LogP contribution in [-0.2, 0) is 4.79 Å². The molecule has 0 aliphatic heterocycles. The second-order valence-electron chi connectivity index (χ2n) is 4.86. The van der Waals surface area contributed by atoms with Crippen LogP contribution in [-0.4, -0.2) is 43.0 Å². The molecule has 2 unspecified atom stereocenters. The Balaban J connectivity index is 2.27. The number of rotatable bonds is 8. The zero-order valence-electron chi connectivity index (χ0n) is 10.7. The topological polar surface area (TPSA) is 58.4 Å². The molecule has 4 heteroatoms. The highest BCUT2D eigenvalue weighted by atomic mass is 16.1. The van der Waals surface area contributed by atoms with E-state index in [2.05, 4.69) is 24.2 Å². The quantitative estimate of drug-likeness (QED) is 0.637. The Bertz CT molecular complexity index is 228. The van der Waals surface area contributed by atoms with E-state index in [0.717, 1.165) is 25.4 Å². The normalized spacial score (nSPS) is 19.8. The van der Waals surface area contributed by atoms with Gasteiger partial charge in [-0.2, -0.15) is 0 Å². The van der Waals surface area contributed by atoms with Crippen LogP contribution in [0.4, 0.5) is 0 Å². The van der Waals surface area contributed by atoms with Crippen LogP contribution in [0.1, 0.15) is 33.1 Å². The van der Waals surface area contributed by atoms with Crippen LogP contribution >= 0.6 is 0 Å². The molecule has 1 fully saturated rings. The van der Waals surface area contributed by atoms with Crippen molar-refractivity contribution in [1.82, 2.24) is 10.2 Å². The molecule has 94 valence electrons. The van der Waals surface area contributed by atoms with Crippen molar-refractivity contribution in [1.29, 1.82) is 0 Å². The lowest BCUT2D eigenvalue weighted by Crippen LogP contribution is -2.44. The Labute approximate surface area is 98.6 Å². The summed E-state index contributed by atoms with van der Waals surface area (Å²) in [4.78, 5) is 13.5. The van der Waals surface area contributed by atoms with Crippen molar-refractivity contribution in [3.8, 4) is 0 Å². The zero-order valence-corrected chi connectivity index (χ0v) is 10.7. The van der Waals surface area contributed by atoms with Crippen molar-refractivity contribution in [2.45, 2.75) is 45.2 Å². The molecule has 1 saturated carbocycles. The largest absolute Gasteiger partial charge is 0.368 e. The fraction of sp³-hybridized carbons (Fsp3) is 0.917. The van der Waals surface area contributed by atoms with Crippen molar-refractivity contribution >= 4 is 5.91 Å². The van der Waals surface area contributed by atoms with Crippen LogP contribution in [0, 0.1) is 5.92 Å². The maximum absolute atomic E-state index is 11.2. The van der Waals surface area contributed by atoms with E-state index in [-0.39, 0.29) is 11.9 Å². The lowest BCUT2D eigenvalue weighted by Gasteiger charge is -2.26. The van der Waals surface area contributed by atoms with Gasteiger partial charge >= 0.3 is 0 Å². The third kappa shape index (κ3) is 4.10. The van der Waals surface area contributed by atoms with E-state index < -0.39 is 0 Å². The molecule has 0 aromatic carbocycles. The van der Waals surface area contributed by atoms with E-state index in [1.807, 2.05) is 6.92 Å². The van der Waals surface area contributed by atoms with Crippen LogP contribution in [0.5, 0.6) is 0 Å². The van der Waals surface area contributed by atoms with Crippen LogP contribution in [0.2, 0.25) is 0 Å². The minimum atomic E-state index is -0.241. The van der Waals surface area contributed by atoms with Gasteiger partial charge in [-0.3, -0.25) is 4.79 Å². The average Bonchev–Trinajstić information content (AvgIpc) is 3.05. The van der Waals surface area contributed by atoms with Crippen molar-refractivity contribution in [3.05, 3.63) is 0 Å². The molecule has 3 N–H and O–H groups in total. The molecule has 1 amide bonds. The summed E-state index contributed by atoms with van der Waals surface area (Å²) in [6.45, 7) is 5.98. The fourth-order valence-corrected chi connectivity index (χ4v) is 2.07. The first-order chi connectivity index (χ1) is 7.56. The van der Waals surface area contributed by atoms with Gasteiger partial charge in [0.05, 0.1) is 6.04 Å². The van der Waals surface area contributed by atoms with E-state index in [9.17, 15) is 4.79 Å². The minimum absolute atomic E-state index is 0.182. The Morgan fingerprint density at radius 1 is 1.56 bits per heavy atom. The van der Waals surface area contributed by atoms with Crippen molar-refractivity contribution < 1.29 is 4.79 Å². The summed E-state index contributed by atoms with van der Waals surface area (Å²) in [5, 5.41) is 3.12. The molecular weight excluding hydrogens is 202 g/mol. The molecule has 0 heterocycles. The summed E-state index contributed by atoms with van der Waals surface area (Å²) in [7, 11) is 2.13. The van der Waals surface area contributed by atoms with E-state index in [4.69, 9.17) is 5.73 Å². The number of hydrogen-bond acceptors (Lipinski definition) is 3. The molecule has 2 atom stereocenters. The molecule has 16 heavy (non-hydrogen) atoms. The number of nitrogens with one attached hydrogen (secondary N) is 1. The minimum Gasteiger partial charge on any atom is -0.368 e. The molecule has 0 radical (unpaired) electrons. The summed E-state index contributed by atoms with van der Waals surface area (Å²) >= 11 is 0. The predicted octanol–water partition coefficient (Wildman–Crippen LogP) is 0.570. The molecule has 0 aromatic rings. The Hall–Kier alpha value is -0.610. The fourth-order valence-electron chi connectivity index (χ4n) is 2.07. The lowest BCUT2D eigenvalue weighted by atomic mass is 10.1. The highest BCUT2D eigenvalue weighted by Crippen LogP contribution is 2.34. The van der Waals surface area contributed by atoms with E-state index >= 15 is 0 Å². The Kier molecular flexibility index (Phi) is 5.22. The maximum Gasteiger partial charge on any atom is 0.234 e. The SMILES string of the molecule is CCNC(CCN(C)C(C)C1CC1)C(N)=O. The summed E-state index contributed by atoms with van der Waals surface area (Å²) in [5.41, 5.74) is 5.34. The predicted molar refractivity (Wildman–Crippen MR) is 66.1 cm³/mol. The van der Waals surface area contributed by atoms with Gasteiger partial charge < -0.3 is 16.0 Å². The first kappa shape index (κ1) is 13.5. The Morgan fingerprint density at radius 3 is 2.62 bits per heavy atom. The number of carbonyl (C=O) groups excluding carboxylic acids is 1. The van der Waals surface area contributed by atoms with Gasteiger partial charge in [-0.05, 0) is 45.7 Å². The van der Waals surface area contributed by atoms with Crippen molar-refractivity contribution in [3.63, 3.8) is 0 Å². The summed E-state index contributed by atoms with van der Waals surface area (Å²) in [6.07, 6.45) is 3.52. The average molecular weight is 227 g/mol. The maximum atomic E-state index is 11.2. The number of likely N-dealkylation sites (N-methyl/N-ethyl adjacent to an activating group) is 1. The third-order valence-electron chi connectivity index (χ3n) is 3.56. The molecule has 1 aliphatic rings. The monoisotopic (exact) mass is 227 g/mol. The molecule has 0 spiro atoms. The van der Waals surface area contributed by atoms with Gasteiger partial charge in [0, 0.05) is 12.6 Å². The van der Waals surface area contributed by atoms with Crippen molar-refractivity contribution in [2.24, 2.45) is 11.7 Å². The second-order valence-corrected chi connectivity index (χ2v) is 4.86. The van der Waals surface area contributed by atoms with E-state index in [1.54, 1.807) is 0 Å². The van der Waals surface area contributed by atoms with Gasteiger partial charge in [0.15, 0.2) is 0 Å². The van der Waals surface area contributed by atoms with Gasteiger partial charge in [0.25, 0.3) is 0 Å². The lowest BCUT2D eigenvalue weighted by molar-refractivity contribution is -0.120. The summed E-state index contributed by atoms with van der Waals surface area (Å²) in [6, 6.07) is 0.453. The molecule has 0 bridgehead atoms. The number of amides is 1. The molecule has 4 nitrogen and oxygen atoms in total. The zero-order chi connectivity index (χ0) is 12.1. The highest BCUT2D eigenvalue weighted by Gasteiger charge is 2.30. The third-order valence-corrected chi connectivity index (χ3v) is 3.56.